The number of benzene rings is 2. The number of hydrogen-bond donors (Lipinski definition) is 0. The van der Waals surface area contributed by atoms with Gasteiger partial charge in [0.15, 0.2) is 0 Å². The molecule has 0 amide bonds. The van der Waals surface area contributed by atoms with Gasteiger partial charge in [0.1, 0.15) is 23.5 Å². The summed E-state index contributed by atoms with van der Waals surface area (Å²) in [6.07, 6.45) is 0. The maximum absolute atomic E-state index is 14.2. The molecule has 24 heavy (non-hydrogen) atoms. The van der Waals surface area contributed by atoms with Crippen LogP contribution in [0, 0.1) is 28.8 Å². The Labute approximate surface area is 134 Å². The number of tetrazole rings is 1. The molecule has 0 aliphatic rings. The summed E-state index contributed by atoms with van der Waals surface area (Å²) in [6, 6.07) is 8.59. The zero-order chi connectivity index (χ0) is 17.3. The van der Waals surface area contributed by atoms with Crippen LogP contribution in [0.5, 0.6) is 0 Å². The Morgan fingerprint density at radius 2 is 1.79 bits per heavy atom. The van der Waals surface area contributed by atoms with Crippen LogP contribution in [0.4, 0.5) is 24.8 Å². The van der Waals surface area contributed by atoms with Crippen molar-refractivity contribution in [2.24, 2.45) is 0 Å². The lowest BCUT2D eigenvalue weighted by Crippen LogP contribution is -2.17. The van der Waals surface area contributed by atoms with Gasteiger partial charge in [-0.15, -0.1) is 0 Å². The predicted octanol–water partition coefficient (Wildman–Crippen LogP) is 2.72. The number of hydrogen-bond acceptors (Lipinski definition) is 5. The molecule has 0 fully saturated rings. The second kappa shape index (κ2) is 6.00. The van der Waals surface area contributed by atoms with Gasteiger partial charge in [-0.25, -0.2) is 13.2 Å². The van der Waals surface area contributed by atoms with Gasteiger partial charge in [-0.2, -0.15) is 9.94 Å². The number of aromatic nitrogens is 4. The summed E-state index contributed by atoms with van der Waals surface area (Å²) in [5.74, 6) is -2.00. The summed E-state index contributed by atoms with van der Waals surface area (Å²) in [7, 11) is 1.44. The van der Waals surface area contributed by atoms with Crippen molar-refractivity contribution in [2.75, 3.05) is 11.9 Å². The van der Waals surface area contributed by atoms with Crippen LogP contribution in [0.1, 0.15) is 5.56 Å². The van der Waals surface area contributed by atoms with Crippen molar-refractivity contribution in [3.8, 4) is 11.8 Å². The van der Waals surface area contributed by atoms with Crippen molar-refractivity contribution in [2.45, 2.75) is 0 Å². The first-order chi connectivity index (χ1) is 11.5. The third-order valence-electron chi connectivity index (χ3n) is 3.34. The second-order valence-corrected chi connectivity index (χ2v) is 4.82. The molecule has 2 aromatic carbocycles. The molecule has 0 N–H and O–H groups in total. The lowest BCUT2D eigenvalue weighted by molar-refractivity contribution is 0.596. The van der Waals surface area contributed by atoms with Crippen molar-refractivity contribution in [1.82, 2.24) is 20.2 Å². The maximum Gasteiger partial charge on any atom is 0.254 e. The van der Waals surface area contributed by atoms with Crippen LogP contribution >= 0.6 is 0 Å². The molecule has 1 heterocycles. The zero-order valence-electron chi connectivity index (χ0n) is 12.3. The second-order valence-electron chi connectivity index (χ2n) is 4.82. The van der Waals surface area contributed by atoms with Crippen molar-refractivity contribution in [3.05, 3.63) is 59.4 Å². The number of rotatable bonds is 3. The van der Waals surface area contributed by atoms with Gasteiger partial charge in [-0.1, -0.05) is 5.10 Å². The van der Waals surface area contributed by atoms with E-state index in [9.17, 15) is 13.2 Å². The molecule has 0 saturated heterocycles. The Bertz CT molecular complexity index is 929. The predicted molar refractivity (Wildman–Crippen MR) is 78.2 cm³/mol. The monoisotopic (exact) mass is 330 g/mol. The van der Waals surface area contributed by atoms with Gasteiger partial charge >= 0.3 is 0 Å². The fourth-order valence-electron chi connectivity index (χ4n) is 2.13. The normalized spacial score (nSPS) is 10.5. The molecule has 6 nitrogen and oxygen atoms in total. The molecule has 0 bridgehead atoms. The third kappa shape index (κ3) is 2.65. The SMILES string of the molecule is CN(c1cc(F)c(C#N)cc1F)c1nnnn1-c1ccc(F)cc1. The molecule has 0 radical (unpaired) electrons. The molecular weight excluding hydrogens is 321 g/mol. The van der Waals surface area contributed by atoms with Crippen LogP contribution in [0.25, 0.3) is 5.69 Å². The maximum atomic E-state index is 14.2. The Morgan fingerprint density at radius 1 is 1.08 bits per heavy atom. The average molecular weight is 330 g/mol. The summed E-state index contributed by atoms with van der Waals surface area (Å²) in [6.45, 7) is 0. The van der Waals surface area contributed by atoms with Gasteiger partial charge in [0, 0.05) is 13.1 Å². The minimum absolute atomic E-state index is 0.0876. The molecule has 3 aromatic rings. The lowest BCUT2D eigenvalue weighted by atomic mass is 10.2. The van der Waals surface area contributed by atoms with Crippen LogP contribution in [-0.2, 0) is 0 Å². The Hall–Kier alpha value is -3.41. The van der Waals surface area contributed by atoms with Gasteiger partial charge < -0.3 is 4.90 Å². The van der Waals surface area contributed by atoms with E-state index in [0.717, 1.165) is 12.1 Å². The van der Waals surface area contributed by atoms with E-state index in [1.807, 2.05) is 0 Å². The summed E-state index contributed by atoms with van der Waals surface area (Å²) in [5.41, 5.74) is -0.106. The summed E-state index contributed by atoms with van der Waals surface area (Å²) >= 11 is 0. The summed E-state index contributed by atoms with van der Waals surface area (Å²) < 4.78 is 42.2. The van der Waals surface area contributed by atoms with Crippen LogP contribution in [0.3, 0.4) is 0 Å². The smallest absolute Gasteiger partial charge is 0.254 e. The number of halogens is 3. The average Bonchev–Trinajstić information content (AvgIpc) is 3.06. The molecule has 0 unspecified atom stereocenters. The van der Waals surface area contributed by atoms with E-state index < -0.39 is 23.0 Å². The van der Waals surface area contributed by atoms with E-state index >= 15 is 0 Å². The molecule has 120 valence electrons. The molecule has 0 spiro atoms. The summed E-state index contributed by atoms with van der Waals surface area (Å²) in [5, 5.41) is 19.8. The highest BCUT2D eigenvalue weighted by molar-refractivity contribution is 5.60. The van der Waals surface area contributed by atoms with Crippen molar-refractivity contribution in [1.29, 1.82) is 5.26 Å². The highest BCUT2D eigenvalue weighted by atomic mass is 19.1. The fourth-order valence-corrected chi connectivity index (χ4v) is 2.13. The van der Waals surface area contributed by atoms with E-state index in [4.69, 9.17) is 5.26 Å². The molecule has 1 aromatic heterocycles. The first-order valence-electron chi connectivity index (χ1n) is 6.68. The molecule has 0 aliphatic heterocycles. The Kier molecular flexibility index (Phi) is 3.87. The fraction of sp³-hybridized carbons (Fsp3) is 0.0667. The van der Waals surface area contributed by atoms with E-state index in [1.54, 1.807) is 6.07 Å². The number of anilines is 2. The van der Waals surface area contributed by atoms with Crippen LogP contribution in [-0.4, -0.2) is 27.3 Å². The van der Waals surface area contributed by atoms with Crippen LogP contribution < -0.4 is 4.90 Å². The van der Waals surface area contributed by atoms with Crippen LogP contribution in [0.15, 0.2) is 36.4 Å². The molecular formula is C15H9F3N6. The largest absolute Gasteiger partial charge is 0.309 e. The van der Waals surface area contributed by atoms with Gasteiger partial charge in [0.2, 0.25) is 0 Å². The van der Waals surface area contributed by atoms with Crippen LogP contribution in [0.2, 0.25) is 0 Å². The summed E-state index contributed by atoms with van der Waals surface area (Å²) in [4.78, 5) is 1.23. The number of nitrogens with zero attached hydrogens (tertiary/aromatic N) is 6. The van der Waals surface area contributed by atoms with E-state index in [-0.39, 0.29) is 11.6 Å². The Balaban J connectivity index is 2.05. The number of nitriles is 1. The molecule has 0 aliphatic carbocycles. The van der Waals surface area contributed by atoms with E-state index in [0.29, 0.717) is 5.69 Å². The lowest BCUT2D eigenvalue weighted by Gasteiger charge is -2.18. The first-order valence-corrected chi connectivity index (χ1v) is 6.68. The van der Waals surface area contributed by atoms with Gasteiger partial charge in [-0.05, 0) is 40.8 Å². The minimum Gasteiger partial charge on any atom is -0.309 e. The minimum atomic E-state index is -0.860. The van der Waals surface area contributed by atoms with Gasteiger partial charge in [-0.3, -0.25) is 0 Å². The zero-order valence-corrected chi connectivity index (χ0v) is 12.3. The van der Waals surface area contributed by atoms with Gasteiger partial charge in [0.05, 0.1) is 16.9 Å². The molecule has 0 saturated carbocycles. The Morgan fingerprint density at radius 3 is 2.46 bits per heavy atom. The standard InChI is InChI=1S/C15H9F3N6/c1-23(14-7-12(17)9(8-19)6-13(14)18)15-20-21-22-24(15)11-4-2-10(16)3-5-11/h2-7H,1H3. The molecule has 9 heteroatoms. The van der Waals surface area contributed by atoms with Crippen molar-refractivity contribution >= 4 is 11.6 Å². The molecule has 0 atom stereocenters. The van der Waals surface area contributed by atoms with Gasteiger partial charge in [0.25, 0.3) is 5.95 Å². The highest BCUT2D eigenvalue weighted by Crippen LogP contribution is 2.28. The topological polar surface area (TPSA) is 70.6 Å². The van der Waals surface area contributed by atoms with E-state index in [2.05, 4.69) is 15.5 Å². The quantitative estimate of drug-likeness (QED) is 0.738. The highest BCUT2D eigenvalue weighted by Gasteiger charge is 2.19. The van der Waals surface area contributed by atoms with E-state index in [1.165, 1.54) is 40.9 Å². The van der Waals surface area contributed by atoms with Crippen molar-refractivity contribution < 1.29 is 13.2 Å². The third-order valence-corrected chi connectivity index (χ3v) is 3.34. The molecule has 3 rings (SSSR count). The van der Waals surface area contributed by atoms with Crippen molar-refractivity contribution in [3.63, 3.8) is 0 Å². The first kappa shape index (κ1) is 15.5.